The summed E-state index contributed by atoms with van der Waals surface area (Å²) in [7, 11) is -3.92. The third-order valence-electron chi connectivity index (χ3n) is 2.01. The van der Waals surface area contributed by atoms with Crippen LogP contribution in [-0.2, 0) is 19.3 Å². The van der Waals surface area contributed by atoms with Crippen LogP contribution >= 0.6 is 0 Å². The summed E-state index contributed by atoms with van der Waals surface area (Å²) in [5, 5.41) is 0. The first kappa shape index (κ1) is 11.5. The van der Waals surface area contributed by atoms with Crippen LogP contribution < -0.4 is 4.72 Å². The predicted molar refractivity (Wildman–Crippen MR) is 50.6 cm³/mol. The third-order valence-corrected chi connectivity index (χ3v) is 3.09. The Morgan fingerprint density at radius 2 is 1.93 bits per heavy atom. The molecule has 0 bridgehead atoms. The van der Waals surface area contributed by atoms with Gasteiger partial charge in [-0.25, -0.2) is 8.91 Å². The Morgan fingerprint density at radius 1 is 1.43 bits per heavy atom. The molecule has 5 nitrogen and oxygen atoms in total. The van der Waals surface area contributed by atoms with Crippen LogP contribution in [0.4, 0.5) is 0 Å². The number of nitrogens with one attached hydrogen (secondary N) is 1. The largest absolute Gasteiger partial charge is 0.362 e. The molecule has 0 unspecified atom stereocenters. The van der Waals surface area contributed by atoms with E-state index in [0.717, 1.165) is 0 Å². The molecule has 0 aliphatic heterocycles. The van der Waals surface area contributed by atoms with Gasteiger partial charge in [-0.1, -0.05) is 13.8 Å². The molecule has 14 heavy (non-hydrogen) atoms. The lowest BCUT2D eigenvalue weighted by atomic mass is 10.2. The maximum Gasteiger partial charge on any atom is 0.362 e. The van der Waals surface area contributed by atoms with E-state index >= 15 is 0 Å². The number of hydrogen-bond acceptors (Lipinski definition) is 4. The molecule has 1 rings (SSSR count). The molecule has 0 saturated heterocycles. The van der Waals surface area contributed by atoms with Crippen LogP contribution in [0.5, 0.6) is 0 Å². The van der Waals surface area contributed by atoms with Crippen LogP contribution in [0, 0.1) is 5.92 Å². The van der Waals surface area contributed by atoms with Crippen molar-refractivity contribution < 1.29 is 17.4 Å². The Labute approximate surface area is 84.1 Å². The Bertz CT molecular complexity index is 329. The van der Waals surface area contributed by atoms with Crippen LogP contribution in [0.3, 0.4) is 0 Å². The Hall–Kier alpha value is -0.620. The average molecular weight is 221 g/mol. The highest BCUT2D eigenvalue weighted by atomic mass is 32.2. The first-order chi connectivity index (χ1) is 6.24. The van der Waals surface area contributed by atoms with Gasteiger partial charge in [0.05, 0.1) is 5.60 Å². The zero-order valence-electron chi connectivity index (χ0n) is 8.53. The highest BCUT2D eigenvalue weighted by molar-refractivity contribution is 7.85. The van der Waals surface area contributed by atoms with Crippen LogP contribution in [0.25, 0.3) is 0 Å². The second-order valence-corrected chi connectivity index (χ2v) is 5.39. The van der Waals surface area contributed by atoms with Crippen molar-refractivity contribution in [1.82, 2.24) is 4.72 Å². The van der Waals surface area contributed by atoms with Crippen LogP contribution in [-0.4, -0.2) is 19.9 Å². The van der Waals surface area contributed by atoms with Crippen molar-refractivity contribution >= 4 is 16.2 Å². The molecule has 82 valence electrons. The molecular formula is C8H15NO4S. The summed E-state index contributed by atoms with van der Waals surface area (Å²) in [6.07, 6.45) is 1.42. The van der Waals surface area contributed by atoms with Gasteiger partial charge < -0.3 is 0 Å². The van der Waals surface area contributed by atoms with E-state index in [1.54, 1.807) is 20.8 Å². The number of amides is 1. The van der Waals surface area contributed by atoms with Gasteiger partial charge in [0.1, 0.15) is 0 Å². The summed E-state index contributed by atoms with van der Waals surface area (Å²) in [6.45, 7) is 4.93. The fourth-order valence-corrected chi connectivity index (χ4v) is 2.01. The van der Waals surface area contributed by atoms with Crippen molar-refractivity contribution in [2.75, 3.05) is 0 Å². The van der Waals surface area contributed by atoms with Gasteiger partial charge in [-0.05, 0) is 19.8 Å². The monoisotopic (exact) mass is 221 g/mol. The molecule has 6 heteroatoms. The minimum absolute atomic E-state index is 0.375. The van der Waals surface area contributed by atoms with Gasteiger partial charge in [-0.15, -0.1) is 0 Å². The molecule has 0 heterocycles. The number of hydrogen-bond donors (Lipinski definition) is 1. The molecule has 0 aromatic heterocycles. The number of carbonyl (C=O) groups is 1. The van der Waals surface area contributed by atoms with E-state index in [1.807, 2.05) is 4.72 Å². The summed E-state index contributed by atoms with van der Waals surface area (Å²) >= 11 is 0. The van der Waals surface area contributed by atoms with Gasteiger partial charge >= 0.3 is 10.3 Å². The molecule has 0 atom stereocenters. The van der Waals surface area contributed by atoms with Gasteiger partial charge in [0.25, 0.3) is 0 Å². The van der Waals surface area contributed by atoms with Gasteiger partial charge in [0.15, 0.2) is 0 Å². The Balaban J connectivity index is 2.54. The maximum absolute atomic E-state index is 11.2. The average Bonchev–Trinajstić information content (AvgIpc) is 2.64. The van der Waals surface area contributed by atoms with E-state index in [-0.39, 0.29) is 5.92 Å². The predicted octanol–water partition coefficient (Wildman–Crippen LogP) is 0.572. The maximum atomic E-state index is 11.2. The summed E-state index contributed by atoms with van der Waals surface area (Å²) in [5.41, 5.74) is -0.594. The molecule has 1 saturated carbocycles. The smallest absolute Gasteiger partial charge is 0.274 e. The van der Waals surface area contributed by atoms with Crippen molar-refractivity contribution in [2.24, 2.45) is 5.92 Å². The minimum Gasteiger partial charge on any atom is -0.274 e. The van der Waals surface area contributed by atoms with E-state index in [1.165, 1.54) is 0 Å². The molecule has 1 aliphatic carbocycles. The molecular weight excluding hydrogens is 206 g/mol. The van der Waals surface area contributed by atoms with Crippen molar-refractivity contribution in [1.29, 1.82) is 0 Å². The van der Waals surface area contributed by atoms with E-state index in [2.05, 4.69) is 0 Å². The van der Waals surface area contributed by atoms with E-state index in [0.29, 0.717) is 12.8 Å². The molecule has 1 aliphatic rings. The van der Waals surface area contributed by atoms with E-state index < -0.39 is 21.8 Å². The van der Waals surface area contributed by atoms with Gasteiger partial charge in [-0.2, -0.15) is 8.42 Å². The first-order valence-electron chi connectivity index (χ1n) is 4.51. The topological polar surface area (TPSA) is 72.5 Å². The van der Waals surface area contributed by atoms with Gasteiger partial charge in [0.2, 0.25) is 5.91 Å². The van der Waals surface area contributed by atoms with Crippen molar-refractivity contribution in [3.63, 3.8) is 0 Å². The lowest BCUT2D eigenvalue weighted by Gasteiger charge is -2.12. The highest BCUT2D eigenvalue weighted by Gasteiger charge is 2.43. The lowest BCUT2D eigenvalue weighted by Crippen LogP contribution is -2.37. The fourth-order valence-electron chi connectivity index (χ4n) is 0.786. The van der Waals surface area contributed by atoms with Crippen molar-refractivity contribution in [3.05, 3.63) is 0 Å². The van der Waals surface area contributed by atoms with E-state index in [9.17, 15) is 13.2 Å². The SMILES string of the molecule is CC(C)C(=O)NS(=O)(=O)OC1(C)CC1. The van der Waals surface area contributed by atoms with E-state index in [4.69, 9.17) is 4.18 Å². The summed E-state index contributed by atoms with van der Waals surface area (Å²) < 4.78 is 29.2. The first-order valence-corrected chi connectivity index (χ1v) is 5.92. The normalized spacial score (nSPS) is 19.4. The van der Waals surface area contributed by atoms with Gasteiger partial charge in [0, 0.05) is 5.92 Å². The quantitative estimate of drug-likeness (QED) is 0.753. The minimum atomic E-state index is -3.92. The van der Waals surface area contributed by atoms with Crippen LogP contribution in [0.2, 0.25) is 0 Å². The van der Waals surface area contributed by atoms with Crippen molar-refractivity contribution in [2.45, 2.75) is 39.2 Å². The molecule has 0 radical (unpaired) electrons. The standard InChI is InChI=1S/C8H15NO4S/c1-6(2)7(10)9-14(11,12)13-8(3)4-5-8/h6H,4-5H2,1-3H3,(H,9,10). The summed E-state index contributed by atoms with van der Waals surface area (Å²) in [6, 6.07) is 0. The zero-order valence-corrected chi connectivity index (χ0v) is 9.35. The number of rotatable bonds is 4. The van der Waals surface area contributed by atoms with Crippen LogP contribution in [0.1, 0.15) is 33.6 Å². The lowest BCUT2D eigenvalue weighted by molar-refractivity contribution is -0.122. The second kappa shape index (κ2) is 3.51. The highest BCUT2D eigenvalue weighted by Crippen LogP contribution is 2.39. The summed E-state index contributed by atoms with van der Waals surface area (Å²) in [4.78, 5) is 11.1. The Kier molecular flexibility index (Phi) is 2.87. The fraction of sp³-hybridized carbons (Fsp3) is 0.875. The molecule has 1 amide bonds. The molecule has 0 aromatic rings. The molecule has 0 aromatic carbocycles. The molecule has 1 fully saturated rings. The number of carbonyl (C=O) groups excluding carboxylic acids is 1. The summed E-state index contributed by atoms with van der Waals surface area (Å²) in [5.74, 6) is -0.922. The third kappa shape index (κ3) is 3.26. The van der Waals surface area contributed by atoms with Gasteiger partial charge in [-0.3, -0.25) is 4.79 Å². The Morgan fingerprint density at radius 3 is 2.29 bits per heavy atom. The second-order valence-electron chi connectivity index (χ2n) is 4.11. The van der Waals surface area contributed by atoms with Crippen molar-refractivity contribution in [3.8, 4) is 0 Å². The molecule has 1 N–H and O–H groups in total. The zero-order chi connectivity index (χ0) is 11.0. The molecule has 0 spiro atoms. The van der Waals surface area contributed by atoms with Crippen LogP contribution in [0.15, 0.2) is 0 Å².